The van der Waals surface area contributed by atoms with E-state index in [1.807, 2.05) is 18.8 Å². The predicted octanol–water partition coefficient (Wildman–Crippen LogP) is 4.47. The number of nitrogens with zero attached hydrogens (tertiary/aromatic N) is 2. The van der Waals surface area contributed by atoms with Gasteiger partial charge in [-0.05, 0) is 23.9 Å². The Morgan fingerprint density at radius 1 is 1.19 bits per heavy atom. The summed E-state index contributed by atoms with van der Waals surface area (Å²) in [4.78, 5) is 10.3. The van der Waals surface area contributed by atoms with Crippen molar-refractivity contribution in [2.45, 2.75) is 18.4 Å². The van der Waals surface area contributed by atoms with Gasteiger partial charge in [-0.25, -0.2) is 9.97 Å². The second kappa shape index (κ2) is 6.45. The van der Waals surface area contributed by atoms with Crippen molar-refractivity contribution in [2.75, 3.05) is 12.4 Å². The molecule has 0 amide bonds. The van der Waals surface area contributed by atoms with E-state index in [0.29, 0.717) is 0 Å². The van der Waals surface area contributed by atoms with Gasteiger partial charge in [-0.2, -0.15) is 0 Å². The van der Waals surface area contributed by atoms with Gasteiger partial charge < -0.3 is 5.32 Å². The first-order chi connectivity index (χ1) is 10.3. The molecular weight excluding hydrogens is 298 g/mol. The van der Waals surface area contributed by atoms with Gasteiger partial charge in [-0.1, -0.05) is 29.8 Å². The lowest BCUT2D eigenvalue weighted by Crippen LogP contribution is -1.99. The lowest BCUT2D eigenvalue weighted by Gasteiger charge is -2.06. The molecule has 21 heavy (non-hydrogen) atoms. The molecule has 0 bridgehead atoms. The normalized spacial score (nSPS) is 11.0. The fraction of sp³-hybridized carbons (Fsp3) is 0.250. The highest BCUT2D eigenvalue weighted by Crippen LogP contribution is 2.26. The number of rotatable bonds is 5. The SMILES string of the molecule is CNc1nc(CSCc2cccc(C)c2)nc2sccc12. The lowest BCUT2D eigenvalue weighted by atomic mass is 10.2. The third-order valence-electron chi connectivity index (χ3n) is 3.19. The molecule has 108 valence electrons. The van der Waals surface area contributed by atoms with Gasteiger partial charge in [0.1, 0.15) is 16.5 Å². The molecule has 0 atom stereocenters. The van der Waals surface area contributed by atoms with E-state index in [0.717, 1.165) is 33.4 Å². The number of fused-ring (bicyclic) bond motifs is 1. The van der Waals surface area contributed by atoms with Crippen LogP contribution in [-0.4, -0.2) is 17.0 Å². The zero-order valence-electron chi connectivity index (χ0n) is 12.1. The summed E-state index contributed by atoms with van der Waals surface area (Å²) in [6, 6.07) is 10.7. The molecule has 0 aliphatic heterocycles. The Morgan fingerprint density at radius 3 is 2.90 bits per heavy atom. The van der Waals surface area contributed by atoms with E-state index in [4.69, 9.17) is 0 Å². The maximum Gasteiger partial charge on any atom is 0.142 e. The second-order valence-corrected chi connectivity index (χ2v) is 6.74. The number of thioether (sulfide) groups is 1. The number of aryl methyl sites for hydroxylation is 1. The van der Waals surface area contributed by atoms with Gasteiger partial charge >= 0.3 is 0 Å². The van der Waals surface area contributed by atoms with Gasteiger partial charge in [0.15, 0.2) is 0 Å². The van der Waals surface area contributed by atoms with Crippen molar-refractivity contribution < 1.29 is 0 Å². The number of aromatic nitrogens is 2. The molecule has 0 aliphatic carbocycles. The van der Waals surface area contributed by atoms with Gasteiger partial charge in [-0.15, -0.1) is 23.1 Å². The Bertz CT molecular complexity index is 752. The third kappa shape index (κ3) is 3.36. The quantitative estimate of drug-likeness (QED) is 0.753. The number of thiophene rings is 1. The highest BCUT2D eigenvalue weighted by atomic mass is 32.2. The average molecular weight is 315 g/mol. The minimum Gasteiger partial charge on any atom is -0.372 e. The summed E-state index contributed by atoms with van der Waals surface area (Å²) >= 11 is 3.51. The summed E-state index contributed by atoms with van der Waals surface area (Å²) < 4.78 is 0. The van der Waals surface area contributed by atoms with E-state index in [2.05, 4.69) is 57.9 Å². The number of benzene rings is 1. The summed E-state index contributed by atoms with van der Waals surface area (Å²) in [5, 5.41) is 6.32. The Balaban J connectivity index is 1.70. The molecule has 0 saturated carbocycles. The first-order valence-corrected chi connectivity index (χ1v) is 8.85. The molecule has 0 fully saturated rings. The van der Waals surface area contributed by atoms with Gasteiger partial charge in [0.05, 0.1) is 11.1 Å². The highest BCUT2D eigenvalue weighted by Gasteiger charge is 2.07. The molecule has 1 N–H and O–H groups in total. The Labute approximate surface area is 132 Å². The molecule has 0 unspecified atom stereocenters. The number of nitrogens with one attached hydrogen (secondary N) is 1. The number of anilines is 1. The Morgan fingerprint density at radius 2 is 2.10 bits per heavy atom. The van der Waals surface area contributed by atoms with Crippen LogP contribution in [0.15, 0.2) is 35.7 Å². The van der Waals surface area contributed by atoms with E-state index < -0.39 is 0 Å². The van der Waals surface area contributed by atoms with E-state index in [1.165, 1.54) is 11.1 Å². The summed E-state index contributed by atoms with van der Waals surface area (Å²) in [6.07, 6.45) is 0. The molecule has 1 aromatic carbocycles. The molecular formula is C16H17N3S2. The summed E-state index contributed by atoms with van der Waals surface area (Å²) in [7, 11) is 1.91. The van der Waals surface area contributed by atoms with Crippen LogP contribution in [0.5, 0.6) is 0 Å². The fourth-order valence-corrected chi connectivity index (χ4v) is 3.83. The van der Waals surface area contributed by atoms with Gasteiger partial charge in [0.2, 0.25) is 0 Å². The minimum absolute atomic E-state index is 0.830. The highest BCUT2D eigenvalue weighted by molar-refractivity contribution is 7.97. The average Bonchev–Trinajstić information content (AvgIpc) is 2.95. The predicted molar refractivity (Wildman–Crippen MR) is 93.1 cm³/mol. The van der Waals surface area contributed by atoms with Crippen LogP contribution in [0.3, 0.4) is 0 Å². The molecule has 0 saturated heterocycles. The first kappa shape index (κ1) is 14.4. The topological polar surface area (TPSA) is 37.8 Å². The van der Waals surface area contributed by atoms with Crippen LogP contribution in [0.1, 0.15) is 17.0 Å². The molecule has 5 heteroatoms. The van der Waals surface area contributed by atoms with Crippen molar-refractivity contribution in [3.63, 3.8) is 0 Å². The zero-order valence-corrected chi connectivity index (χ0v) is 13.7. The molecule has 3 nitrogen and oxygen atoms in total. The van der Waals surface area contributed by atoms with Gasteiger partial charge in [-0.3, -0.25) is 0 Å². The third-order valence-corrected chi connectivity index (χ3v) is 5.00. The maximum atomic E-state index is 4.64. The minimum atomic E-state index is 0.830. The van der Waals surface area contributed by atoms with Crippen molar-refractivity contribution in [3.8, 4) is 0 Å². The Kier molecular flexibility index (Phi) is 4.41. The van der Waals surface area contributed by atoms with Gasteiger partial charge in [0, 0.05) is 12.8 Å². The van der Waals surface area contributed by atoms with E-state index >= 15 is 0 Å². The van der Waals surface area contributed by atoms with E-state index in [1.54, 1.807) is 11.3 Å². The van der Waals surface area contributed by atoms with Crippen molar-refractivity contribution >= 4 is 39.1 Å². The Hall–Kier alpha value is -1.59. The van der Waals surface area contributed by atoms with Crippen LogP contribution in [0, 0.1) is 6.92 Å². The molecule has 3 aromatic rings. The smallest absolute Gasteiger partial charge is 0.142 e. The summed E-state index contributed by atoms with van der Waals surface area (Å²) in [6.45, 7) is 2.13. The fourth-order valence-electron chi connectivity index (χ4n) is 2.22. The van der Waals surface area contributed by atoms with Crippen LogP contribution in [0.2, 0.25) is 0 Å². The molecule has 0 spiro atoms. The molecule has 0 radical (unpaired) electrons. The number of hydrogen-bond acceptors (Lipinski definition) is 5. The largest absolute Gasteiger partial charge is 0.372 e. The van der Waals surface area contributed by atoms with Crippen molar-refractivity contribution in [2.24, 2.45) is 0 Å². The first-order valence-electron chi connectivity index (χ1n) is 6.81. The van der Waals surface area contributed by atoms with Crippen molar-refractivity contribution in [3.05, 3.63) is 52.7 Å². The second-order valence-electron chi connectivity index (χ2n) is 4.86. The summed E-state index contributed by atoms with van der Waals surface area (Å²) in [5.41, 5.74) is 2.66. The zero-order chi connectivity index (χ0) is 14.7. The summed E-state index contributed by atoms with van der Waals surface area (Å²) in [5.74, 6) is 3.64. The molecule has 2 heterocycles. The van der Waals surface area contributed by atoms with Crippen LogP contribution < -0.4 is 5.32 Å². The monoisotopic (exact) mass is 315 g/mol. The van der Waals surface area contributed by atoms with Crippen molar-refractivity contribution in [1.82, 2.24) is 9.97 Å². The van der Waals surface area contributed by atoms with Crippen LogP contribution in [-0.2, 0) is 11.5 Å². The van der Waals surface area contributed by atoms with E-state index in [-0.39, 0.29) is 0 Å². The molecule has 0 aliphatic rings. The van der Waals surface area contributed by atoms with Gasteiger partial charge in [0.25, 0.3) is 0 Å². The van der Waals surface area contributed by atoms with Crippen LogP contribution in [0.4, 0.5) is 5.82 Å². The van der Waals surface area contributed by atoms with Crippen molar-refractivity contribution in [1.29, 1.82) is 0 Å². The standard InChI is InChI=1S/C16H17N3S2/c1-11-4-3-5-12(8-11)9-20-10-14-18-15(17-2)13-6-7-21-16(13)19-14/h3-8H,9-10H2,1-2H3,(H,17,18,19). The number of hydrogen-bond donors (Lipinski definition) is 1. The van der Waals surface area contributed by atoms with E-state index in [9.17, 15) is 0 Å². The maximum absolute atomic E-state index is 4.64. The van der Waals surface area contributed by atoms with Crippen LogP contribution in [0.25, 0.3) is 10.2 Å². The molecule has 3 rings (SSSR count). The van der Waals surface area contributed by atoms with Crippen LogP contribution >= 0.6 is 23.1 Å². The lowest BCUT2D eigenvalue weighted by molar-refractivity contribution is 1.07. The molecule has 2 aromatic heterocycles.